The summed E-state index contributed by atoms with van der Waals surface area (Å²) in [6, 6.07) is 4.23. The fourth-order valence-electron chi connectivity index (χ4n) is 3.16. The van der Waals surface area contributed by atoms with Crippen LogP contribution in [0, 0.1) is 0 Å². The third-order valence-corrected chi connectivity index (χ3v) is 5.08. The maximum absolute atomic E-state index is 12.3. The summed E-state index contributed by atoms with van der Waals surface area (Å²) in [6.07, 6.45) is 4.19. The highest BCUT2D eigenvalue weighted by molar-refractivity contribution is 7.10. The van der Waals surface area contributed by atoms with Gasteiger partial charge in [0.2, 0.25) is 11.8 Å². The average molecular weight is 292 g/mol. The monoisotopic (exact) mass is 292 g/mol. The van der Waals surface area contributed by atoms with Crippen LogP contribution in [0.4, 0.5) is 0 Å². The van der Waals surface area contributed by atoms with Crippen LogP contribution in [0.1, 0.15) is 30.6 Å². The lowest BCUT2D eigenvalue weighted by atomic mass is 10.0. The molecule has 5 heteroatoms. The molecule has 2 aliphatic rings. The van der Waals surface area contributed by atoms with E-state index >= 15 is 0 Å². The van der Waals surface area contributed by atoms with Crippen molar-refractivity contribution in [3.8, 4) is 0 Å². The minimum Gasteiger partial charge on any atom is -0.340 e. The summed E-state index contributed by atoms with van der Waals surface area (Å²) in [6.45, 7) is 2.43. The zero-order valence-corrected chi connectivity index (χ0v) is 12.4. The first-order chi connectivity index (χ1) is 9.74. The van der Waals surface area contributed by atoms with Crippen molar-refractivity contribution in [2.45, 2.75) is 38.1 Å². The Morgan fingerprint density at radius 2 is 2.25 bits per heavy atom. The summed E-state index contributed by atoms with van der Waals surface area (Å²) in [4.78, 5) is 29.2. The van der Waals surface area contributed by atoms with Gasteiger partial charge in [0.1, 0.15) is 0 Å². The van der Waals surface area contributed by atoms with Crippen molar-refractivity contribution in [1.82, 2.24) is 9.80 Å². The molecule has 0 unspecified atom stereocenters. The number of carbonyl (C=O) groups excluding carboxylic acids is 2. The number of amides is 2. The highest BCUT2D eigenvalue weighted by atomic mass is 32.1. The molecule has 0 N–H and O–H groups in total. The van der Waals surface area contributed by atoms with Crippen LogP contribution in [0.15, 0.2) is 17.5 Å². The quantitative estimate of drug-likeness (QED) is 0.854. The van der Waals surface area contributed by atoms with E-state index in [1.807, 2.05) is 27.3 Å². The molecule has 1 aromatic rings. The Bertz CT molecular complexity index is 486. The Morgan fingerprint density at radius 1 is 1.35 bits per heavy atom. The zero-order chi connectivity index (χ0) is 13.9. The largest absolute Gasteiger partial charge is 0.340 e. The van der Waals surface area contributed by atoms with Crippen molar-refractivity contribution < 1.29 is 9.59 Å². The van der Waals surface area contributed by atoms with Gasteiger partial charge in [0.25, 0.3) is 0 Å². The number of likely N-dealkylation sites (tertiary alicyclic amines) is 2. The number of piperidine rings is 1. The summed E-state index contributed by atoms with van der Waals surface area (Å²) in [5, 5.41) is 2.00. The standard InChI is InChI=1S/C15H20N2O2S/c18-14-6-2-8-17(14)12-4-1-7-16(11-12)15(19)10-13-5-3-9-20-13/h3,5,9,12H,1-2,4,6-8,10-11H2/t12-/m0/s1. The summed E-state index contributed by atoms with van der Waals surface area (Å²) in [5.74, 6) is 0.464. The molecule has 0 bridgehead atoms. The molecule has 20 heavy (non-hydrogen) atoms. The molecule has 3 heterocycles. The van der Waals surface area contributed by atoms with Gasteiger partial charge in [-0.3, -0.25) is 9.59 Å². The van der Waals surface area contributed by atoms with Crippen LogP contribution in [-0.2, 0) is 16.0 Å². The molecule has 2 fully saturated rings. The second-order valence-electron chi connectivity index (χ2n) is 5.58. The first kappa shape index (κ1) is 13.6. The van der Waals surface area contributed by atoms with Gasteiger partial charge in [-0.25, -0.2) is 0 Å². The number of thiophene rings is 1. The number of hydrogen-bond donors (Lipinski definition) is 0. The number of hydrogen-bond acceptors (Lipinski definition) is 3. The molecule has 1 atom stereocenters. The Labute approximate surface area is 123 Å². The lowest BCUT2D eigenvalue weighted by Gasteiger charge is -2.37. The smallest absolute Gasteiger partial charge is 0.227 e. The lowest BCUT2D eigenvalue weighted by Crippen LogP contribution is -2.50. The van der Waals surface area contributed by atoms with E-state index in [1.165, 1.54) is 0 Å². The molecule has 0 aromatic carbocycles. The minimum atomic E-state index is 0.198. The maximum Gasteiger partial charge on any atom is 0.227 e. The highest BCUT2D eigenvalue weighted by Crippen LogP contribution is 2.22. The summed E-state index contributed by atoms with van der Waals surface area (Å²) in [7, 11) is 0. The molecule has 0 saturated carbocycles. The van der Waals surface area contributed by atoms with Gasteiger partial charge in [-0.15, -0.1) is 11.3 Å². The lowest BCUT2D eigenvalue weighted by molar-refractivity contribution is -0.137. The van der Waals surface area contributed by atoms with Crippen molar-refractivity contribution >= 4 is 23.2 Å². The van der Waals surface area contributed by atoms with Crippen LogP contribution in [0.2, 0.25) is 0 Å². The third-order valence-electron chi connectivity index (χ3n) is 4.21. The van der Waals surface area contributed by atoms with Gasteiger partial charge in [-0.1, -0.05) is 6.07 Å². The van der Waals surface area contributed by atoms with E-state index in [4.69, 9.17) is 0 Å². The SMILES string of the molecule is O=C(Cc1cccs1)N1CCC[C@H](N2CCCC2=O)C1. The van der Waals surface area contributed by atoms with Gasteiger partial charge in [0, 0.05) is 37.0 Å². The van der Waals surface area contributed by atoms with Crippen LogP contribution < -0.4 is 0 Å². The molecule has 1 aromatic heterocycles. The molecular formula is C15H20N2O2S. The summed E-state index contributed by atoms with van der Waals surface area (Å²) >= 11 is 1.63. The number of carbonyl (C=O) groups is 2. The normalized spacial score (nSPS) is 23.4. The minimum absolute atomic E-state index is 0.198. The van der Waals surface area contributed by atoms with Gasteiger partial charge in [0.05, 0.1) is 6.42 Å². The molecule has 0 aliphatic carbocycles. The number of nitrogens with zero attached hydrogens (tertiary/aromatic N) is 2. The number of rotatable bonds is 3. The van der Waals surface area contributed by atoms with E-state index in [0.717, 1.165) is 43.8 Å². The van der Waals surface area contributed by atoms with E-state index < -0.39 is 0 Å². The first-order valence-corrected chi connectivity index (χ1v) is 8.21. The van der Waals surface area contributed by atoms with Crippen LogP contribution >= 0.6 is 11.3 Å². The second kappa shape index (κ2) is 5.95. The van der Waals surface area contributed by atoms with Gasteiger partial charge >= 0.3 is 0 Å². The van der Waals surface area contributed by atoms with Crippen molar-refractivity contribution in [3.05, 3.63) is 22.4 Å². The highest BCUT2D eigenvalue weighted by Gasteiger charge is 2.32. The molecule has 3 rings (SSSR count). The average Bonchev–Trinajstić information content (AvgIpc) is 3.10. The molecule has 0 radical (unpaired) electrons. The maximum atomic E-state index is 12.3. The predicted molar refractivity (Wildman–Crippen MR) is 78.6 cm³/mol. The van der Waals surface area contributed by atoms with E-state index in [9.17, 15) is 9.59 Å². The molecule has 108 valence electrons. The first-order valence-electron chi connectivity index (χ1n) is 7.33. The van der Waals surface area contributed by atoms with E-state index in [2.05, 4.69) is 0 Å². The van der Waals surface area contributed by atoms with Crippen LogP contribution in [0.5, 0.6) is 0 Å². The van der Waals surface area contributed by atoms with E-state index in [0.29, 0.717) is 12.8 Å². The fourth-order valence-corrected chi connectivity index (χ4v) is 3.86. The second-order valence-corrected chi connectivity index (χ2v) is 6.61. The predicted octanol–water partition coefficient (Wildman–Crippen LogP) is 1.90. The Balaban J connectivity index is 1.60. The van der Waals surface area contributed by atoms with E-state index in [-0.39, 0.29) is 17.9 Å². The summed E-state index contributed by atoms with van der Waals surface area (Å²) in [5.41, 5.74) is 0. The molecule has 2 saturated heterocycles. The van der Waals surface area contributed by atoms with Crippen LogP contribution in [0.25, 0.3) is 0 Å². The Morgan fingerprint density at radius 3 is 2.95 bits per heavy atom. The molecule has 2 amide bonds. The van der Waals surface area contributed by atoms with Crippen LogP contribution in [0.3, 0.4) is 0 Å². The van der Waals surface area contributed by atoms with Gasteiger partial charge in [0.15, 0.2) is 0 Å². The Kier molecular flexibility index (Phi) is 4.05. The molecule has 0 spiro atoms. The summed E-state index contributed by atoms with van der Waals surface area (Å²) < 4.78 is 0. The van der Waals surface area contributed by atoms with Crippen molar-refractivity contribution in [3.63, 3.8) is 0 Å². The molecule has 2 aliphatic heterocycles. The topological polar surface area (TPSA) is 40.6 Å². The Hall–Kier alpha value is -1.36. The van der Waals surface area contributed by atoms with Crippen molar-refractivity contribution in [2.75, 3.05) is 19.6 Å². The fraction of sp³-hybridized carbons (Fsp3) is 0.600. The van der Waals surface area contributed by atoms with Gasteiger partial charge < -0.3 is 9.80 Å². The van der Waals surface area contributed by atoms with Gasteiger partial charge in [-0.05, 0) is 30.7 Å². The van der Waals surface area contributed by atoms with Gasteiger partial charge in [-0.2, -0.15) is 0 Å². The van der Waals surface area contributed by atoms with Crippen LogP contribution in [-0.4, -0.2) is 47.3 Å². The third kappa shape index (κ3) is 2.87. The molecular weight excluding hydrogens is 272 g/mol. The van der Waals surface area contributed by atoms with Crippen molar-refractivity contribution in [1.29, 1.82) is 0 Å². The zero-order valence-electron chi connectivity index (χ0n) is 11.6. The molecule has 4 nitrogen and oxygen atoms in total. The van der Waals surface area contributed by atoms with E-state index in [1.54, 1.807) is 11.3 Å². The van der Waals surface area contributed by atoms with Crippen molar-refractivity contribution in [2.24, 2.45) is 0 Å².